The maximum Gasteiger partial charge on any atom is 0.231 e. The molecule has 5 heteroatoms. The van der Waals surface area contributed by atoms with Gasteiger partial charge >= 0.3 is 0 Å². The van der Waals surface area contributed by atoms with E-state index in [1.54, 1.807) is 0 Å². The first kappa shape index (κ1) is 21.3. The first-order valence-corrected chi connectivity index (χ1v) is 11.3. The van der Waals surface area contributed by atoms with Crippen molar-refractivity contribution in [1.82, 2.24) is 5.32 Å². The van der Waals surface area contributed by atoms with Crippen LogP contribution in [0.25, 0.3) is 0 Å². The monoisotopic (exact) mass is 407 g/mol. The minimum absolute atomic E-state index is 0.00758. The standard InChI is InChI=1S/C24H29N3OS/c1-16-12-13-20(17(2)15-16)22-21(18(3)26-24(27-22)29-4)23(28)25-14-8-11-19-9-6-5-7-10-19/h5-7,9-10,12-13,15,18,21H,8,11,14H2,1-4H3,(H,25,28). The van der Waals surface area contributed by atoms with E-state index in [4.69, 9.17) is 4.99 Å². The van der Waals surface area contributed by atoms with Gasteiger partial charge in [0.25, 0.3) is 0 Å². The summed E-state index contributed by atoms with van der Waals surface area (Å²) in [7, 11) is 0. The molecule has 0 saturated carbocycles. The van der Waals surface area contributed by atoms with Crippen LogP contribution in [-0.4, -0.2) is 35.6 Å². The lowest BCUT2D eigenvalue weighted by Crippen LogP contribution is -2.43. The Labute approximate surface area is 177 Å². The van der Waals surface area contributed by atoms with E-state index in [0.717, 1.165) is 34.8 Å². The maximum absolute atomic E-state index is 13.1. The number of thioether (sulfide) groups is 1. The van der Waals surface area contributed by atoms with Crippen LogP contribution in [0.2, 0.25) is 0 Å². The van der Waals surface area contributed by atoms with Crippen LogP contribution in [-0.2, 0) is 11.2 Å². The molecule has 2 unspecified atom stereocenters. The first-order chi connectivity index (χ1) is 14.0. The molecule has 1 aliphatic rings. The minimum atomic E-state index is -0.371. The van der Waals surface area contributed by atoms with Crippen LogP contribution in [0.1, 0.15) is 35.6 Å². The molecular weight excluding hydrogens is 378 g/mol. The third kappa shape index (κ3) is 5.36. The van der Waals surface area contributed by atoms with E-state index in [9.17, 15) is 4.79 Å². The van der Waals surface area contributed by atoms with Gasteiger partial charge in [-0.25, -0.2) is 4.99 Å². The van der Waals surface area contributed by atoms with Gasteiger partial charge in [0.05, 0.1) is 11.8 Å². The summed E-state index contributed by atoms with van der Waals surface area (Å²) in [5, 5.41) is 3.86. The van der Waals surface area contributed by atoms with Crippen molar-refractivity contribution in [2.45, 2.75) is 39.7 Å². The molecule has 1 N–H and O–H groups in total. The van der Waals surface area contributed by atoms with Crippen molar-refractivity contribution in [2.24, 2.45) is 15.9 Å². The molecule has 152 valence electrons. The van der Waals surface area contributed by atoms with Crippen molar-refractivity contribution in [3.05, 3.63) is 70.8 Å². The van der Waals surface area contributed by atoms with E-state index >= 15 is 0 Å². The SMILES string of the molecule is CSC1=NC(C)C(C(=O)NCCCc2ccccc2)C(c2ccc(C)cc2C)=N1. The van der Waals surface area contributed by atoms with Gasteiger partial charge in [-0.3, -0.25) is 9.79 Å². The number of benzene rings is 2. The average Bonchev–Trinajstić information content (AvgIpc) is 2.71. The molecule has 1 amide bonds. The van der Waals surface area contributed by atoms with Gasteiger partial charge < -0.3 is 5.32 Å². The summed E-state index contributed by atoms with van der Waals surface area (Å²) in [5.41, 5.74) is 5.50. The summed E-state index contributed by atoms with van der Waals surface area (Å²) < 4.78 is 0. The fourth-order valence-electron chi connectivity index (χ4n) is 3.71. The molecule has 29 heavy (non-hydrogen) atoms. The van der Waals surface area contributed by atoms with Crippen LogP contribution in [0.15, 0.2) is 58.5 Å². The van der Waals surface area contributed by atoms with Gasteiger partial charge in [0.2, 0.25) is 5.91 Å². The molecule has 0 radical (unpaired) electrons. The number of hydrogen-bond donors (Lipinski definition) is 1. The highest BCUT2D eigenvalue weighted by atomic mass is 32.2. The van der Waals surface area contributed by atoms with Crippen molar-refractivity contribution in [3.63, 3.8) is 0 Å². The van der Waals surface area contributed by atoms with Gasteiger partial charge in [0.15, 0.2) is 5.17 Å². The van der Waals surface area contributed by atoms with E-state index in [1.165, 1.54) is 22.9 Å². The zero-order valence-electron chi connectivity index (χ0n) is 17.6. The molecule has 0 spiro atoms. The number of carbonyl (C=O) groups excluding carboxylic acids is 1. The predicted molar refractivity (Wildman–Crippen MR) is 124 cm³/mol. The number of aryl methyl sites for hydroxylation is 3. The van der Waals surface area contributed by atoms with Gasteiger partial charge in [0, 0.05) is 6.54 Å². The van der Waals surface area contributed by atoms with Crippen LogP contribution in [0.4, 0.5) is 0 Å². The number of hydrogen-bond acceptors (Lipinski definition) is 4. The summed E-state index contributed by atoms with van der Waals surface area (Å²) in [5.74, 6) is -0.364. The lowest BCUT2D eigenvalue weighted by atomic mass is 9.87. The minimum Gasteiger partial charge on any atom is -0.355 e. The molecule has 0 aliphatic carbocycles. The number of amidine groups is 1. The van der Waals surface area contributed by atoms with Crippen LogP contribution in [0.3, 0.4) is 0 Å². The molecule has 4 nitrogen and oxygen atoms in total. The second-order valence-corrected chi connectivity index (χ2v) is 8.30. The Kier molecular flexibility index (Phi) is 7.26. The largest absolute Gasteiger partial charge is 0.355 e. The Morgan fingerprint density at radius 1 is 1.14 bits per heavy atom. The first-order valence-electron chi connectivity index (χ1n) is 10.1. The van der Waals surface area contributed by atoms with Crippen LogP contribution in [0.5, 0.6) is 0 Å². The third-order valence-corrected chi connectivity index (χ3v) is 5.78. The van der Waals surface area contributed by atoms with Crippen LogP contribution in [0, 0.1) is 19.8 Å². The fraction of sp³-hybridized carbons (Fsp3) is 0.375. The van der Waals surface area contributed by atoms with E-state index in [0.29, 0.717) is 6.54 Å². The van der Waals surface area contributed by atoms with E-state index in [-0.39, 0.29) is 17.9 Å². The molecule has 0 aromatic heterocycles. The smallest absolute Gasteiger partial charge is 0.231 e. The molecule has 1 heterocycles. The molecule has 3 rings (SSSR count). The number of amides is 1. The van der Waals surface area contributed by atoms with Crippen molar-refractivity contribution < 1.29 is 4.79 Å². The Morgan fingerprint density at radius 2 is 1.90 bits per heavy atom. The quantitative estimate of drug-likeness (QED) is 0.713. The summed E-state index contributed by atoms with van der Waals surface area (Å²) in [6, 6.07) is 16.5. The van der Waals surface area contributed by atoms with Crippen molar-refractivity contribution in [2.75, 3.05) is 12.8 Å². The zero-order chi connectivity index (χ0) is 20.8. The topological polar surface area (TPSA) is 53.8 Å². The molecule has 1 aliphatic heterocycles. The summed E-state index contributed by atoms with van der Waals surface area (Å²) in [6.45, 7) is 6.81. The average molecular weight is 408 g/mol. The van der Waals surface area contributed by atoms with Gasteiger partial charge in [-0.15, -0.1) is 0 Å². The maximum atomic E-state index is 13.1. The molecule has 2 atom stereocenters. The third-order valence-electron chi connectivity index (χ3n) is 5.21. The van der Waals surface area contributed by atoms with Gasteiger partial charge in [-0.05, 0) is 56.6 Å². The number of carbonyl (C=O) groups is 1. The highest BCUT2D eigenvalue weighted by Crippen LogP contribution is 2.26. The van der Waals surface area contributed by atoms with E-state index < -0.39 is 0 Å². The Bertz CT molecular complexity index is 921. The Hall–Kier alpha value is -2.40. The Balaban J connectivity index is 1.73. The molecule has 2 aromatic carbocycles. The van der Waals surface area contributed by atoms with E-state index in [2.05, 4.69) is 54.5 Å². The molecular formula is C24H29N3OS. The second kappa shape index (κ2) is 9.88. The highest BCUT2D eigenvalue weighted by Gasteiger charge is 2.34. The predicted octanol–water partition coefficient (Wildman–Crippen LogP) is 4.58. The molecule has 2 aromatic rings. The second-order valence-electron chi connectivity index (χ2n) is 7.53. The van der Waals surface area contributed by atoms with Gasteiger partial charge in [-0.2, -0.15) is 0 Å². The van der Waals surface area contributed by atoms with Crippen LogP contribution < -0.4 is 5.32 Å². The fourth-order valence-corrected chi connectivity index (χ4v) is 4.17. The van der Waals surface area contributed by atoms with Crippen molar-refractivity contribution >= 4 is 28.5 Å². The van der Waals surface area contributed by atoms with Crippen molar-refractivity contribution in [3.8, 4) is 0 Å². The van der Waals surface area contributed by atoms with Gasteiger partial charge in [0.1, 0.15) is 5.92 Å². The van der Waals surface area contributed by atoms with Gasteiger partial charge in [-0.1, -0.05) is 65.9 Å². The number of nitrogens with zero attached hydrogens (tertiary/aromatic N) is 2. The summed E-state index contributed by atoms with van der Waals surface area (Å²) in [4.78, 5) is 22.5. The molecule has 0 bridgehead atoms. The lowest BCUT2D eigenvalue weighted by Gasteiger charge is -2.27. The number of rotatable bonds is 6. The Morgan fingerprint density at radius 3 is 2.59 bits per heavy atom. The van der Waals surface area contributed by atoms with Crippen LogP contribution >= 0.6 is 11.8 Å². The summed E-state index contributed by atoms with van der Waals surface area (Å²) in [6.07, 6.45) is 3.83. The molecule has 0 saturated heterocycles. The zero-order valence-corrected chi connectivity index (χ0v) is 18.4. The van der Waals surface area contributed by atoms with Crippen molar-refractivity contribution in [1.29, 1.82) is 0 Å². The molecule has 0 fully saturated rings. The summed E-state index contributed by atoms with van der Waals surface area (Å²) >= 11 is 1.52. The number of aliphatic imine (C=N–C) groups is 2. The number of nitrogens with one attached hydrogen (secondary N) is 1. The van der Waals surface area contributed by atoms with E-state index in [1.807, 2.05) is 31.4 Å². The lowest BCUT2D eigenvalue weighted by molar-refractivity contribution is -0.123. The highest BCUT2D eigenvalue weighted by molar-refractivity contribution is 8.13. The normalized spacial score (nSPS) is 18.8.